The number of thiocarbonyl (C=S) groups is 1. The summed E-state index contributed by atoms with van der Waals surface area (Å²) in [5.41, 5.74) is 3.71. The number of H-pyrrole nitrogens is 1. The van der Waals surface area contributed by atoms with Crippen molar-refractivity contribution in [3.63, 3.8) is 0 Å². The topological polar surface area (TPSA) is 68.8 Å². The average molecular weight is 393 g/mol. The minimum atomic E-state index is -0.405. The minimum Gasteiger partial charge on any atom is -0.504 e. The van der Waals surface area contributed by atoms with Crippen LogP contribution in [0.5, 0.6) is 11.5 Å². The van der Waals surface area contributed by atoms with Crippen LogP contribution in [0.3, 0.4) is 0 Å². The lowest BCUT2D eigenvalue weighted by atomic mass is 9.88. The van der Waals surface area contributed by atoms with Crippen LogP contribution >= 0.6 is 12.2 Å². The largest absolute Gasteiger partial charge is 0.504 e. The number of benzene rings is 2. The molecule has 5 rings (SSSR count). The van der Waals surface area contributed by atoms with E-state index >= 15 is 0 Å². The number of likely N-dealkylation sites (N-methyl/N-ethyl adjacent to an activating group) is 1. The third kappa shape index (κ3) is 2.13. The Labute approximate surface area is 167 Å². The van der Waals surface area contributed by atoms with Crippen LogP contribution < -0.4 is 4.74 Å². The van der Waals surface area contributed by atoms with Gasteiger partial charge >= 0.3 is 0 Å². The van der Waals surface area contributed by atoms with E-state index in [4.69, 9.17) is 17.0 Å². The lowest BCUT2D eigenvalue weighted by Gasteiger charge is -2.37. The van der Waals surface area contributed by atoms with Gasteiger partial charge in [-0.2, -0.15) is 0 Å². The number of amides is 1. The van der Waals surface area contributed by atoms with Gasteiger partial charge in [0.2, 0.25) is 0 Å². The van der Waals surface area contributed by atoms with Crippen LogP contribution in [0.1, 0.15) is 22.9 Å². The second kappa shape index (κ2) is 5.97. The van der Waals surface area contributed by atoms with E-state index in [0.29, 0.717) is 22.8 Å². The first-order chi connectivity index (χ1) is 13.5. The zero-order valence-electron chi connectivity index (χ0n) is 15.5. The number of aromatic hydroxyl groups is 1. The van der Waals surface area contributed by atoms with Crippen LogP contribution in [0.4, 0.5) is 0 Å². The maximum absolute atomic E-state index is 12.9. The second-order valence-corrected chi connectivity index (χ2v) is 7.54. The predicted molar refractivity (Wildman–Crippen MR) is 109 cm³/mol. The van der Waals surface area contributed by atoms with Gasteiger partial charge in [-0.3, -0.25) is 9.69 Å². The number of aromatic amines is 1. The van der Waals surface area contributed by atoms with Crippen molar-refractivity contribution in [2.24, 2.45) is 0 Å². The molecule has 0 bridgehead atoms. The van der Waals surface area contributed by atoms with Crippen LogP contribution in [-0.2, 0) is 11.2 Å². The molecular formula is C21H19N3O3S. The van der Waals surface area contributed by atoms with E-state index < -0.39 is 6.04 Å². The average Bonchev–Trinajstić information content (AvgIpc) is 3.18. The molecule has 2 aliphatic heterocycles. The number of hydrogen-bond acceptors (Lipinski definition) is 4. The molecule has 0 spiro atoms. The third-order valence-electron chi connectivity index (χ3n) is 5.80. The van der Waals surface area contributed by atoms with Crippen LogP contribution in [0.25, 0.3) is 10.9 Å². The normalized spacial score (nSPS) is 21.2. The lowest BCUT2D eigenvalue weighted by Crippen LogP contribution is -2.44. The van der Waals surface area contributed by atoms with Crippen molar-refractivity contribution in [2.45, 2.75) is 18.5 Å². The summed E-state index contributed by atoms with van der Waals surface area (Å²) in [4.78, 5) is 19.9. The molecule has 3 heterocycles. The molecule has 0 saturated carbocycles. The number of phenolic OH excluding ortho intramolecular Hbond substituents is 1. The standard InChI is InChI=1S/C21H19N3O3S/c1-23-20(26)15-10-13-11-6-3-4-8-14(11)22-17(13)18(24(15)21(23)28)12-7-5-9-16(27-2)19(12)25/h3-9,15,18,22,25H,10H2,1-2H3/t15-,18-/m1/s1. The molecule has 2 atom stereocenters. The quantitative estimate of drug-likeness (QED) is 0.655. The number of aromatic nitrogens is 1. The highest BCUT2D eigenvalue weighted by molar-refractivity contribution is 7.80. The highest BCUT2D eigenvalue weighted by atomic mass is 32.1. The van der Waals surface area contributed by atoms with Crippen LogP contribution in [0.15, 0.2) is 42.5 Å². The summed E-state index contributed by atoms with van der Waals surface area (Å²) in [5, 5.41) is 12.4. The zero-order valence-corrected chi connectivity index (χ0v) is 16.3. The highest BCUT2D eigenvalue weighted by Gasteiger charge is 2.49. The van der Waals surface area contributed by atoms with E-state index in [1.54, 1.807) is 13.1 Å². The van der Waals surface area contributed by atoms with Gasteiger partial charge < -0.3 is 19.7 Å². The molecule has 2 aromatic carbocycles. The number of carbonyl (C=O) groups excluding carboxylic acids is 1. The van der Waals surface area contributed by atoms with Crippen molar-refractivity contribution in [1.29, 1.82) is 0 Å². The van der Waals surface area contributed by atoms with Gasteiger partial charge in [0.05, 0.1) is 7.11 Å². The summed E-state index contributed by atoms with van der Waals surface area (Å²) in [6.07, 6.45) is 0.573. The number of methoxy groups -OCH3 is 1. The van der Waals surface area contributed by atoms with Crippen LogP contribution in [-0.4, -0.2) is 51.1 Å². The number of phenols is 1. The third-order valence-corrected chi connectivity index (χ3v) is 6.28. The molecule has 3 aromatic rings. The number of nitrogens with zero attached hydrogens (tertiary/aromatic N) is 2. The number of fused-ring (bicyclic) bond motifs is 4. The van der Waals surface area contributed by atoms with E-state index in [0.717, 1.165) is 22.2 Å². The van der Waals surface area contributed by atoms with E-state index in [2.05, 4.69) is 11.1 Å². The maximum Gasteiger partial charge on any atom is 0.251 e. The Morgan fingerprint density at radius 2 is 2.00 bits per heavy atom. The van der Waals surface area contributed by atoms with Gasteiger partial charge in [0, 0.05) is 35.6 Å². The summed E-state index contributed by atoms with van der Waals surface area (Å²) in [5.74, 6) is 0.431. The zero-order chi connectivity index (χ0) is 19.6. The van der Waals surface area contributed by atoms with Gasteiger partial charge in [-0.05, 0) is 29.9 Å². The van der Waals surface area contributed by atoms with E-state index in [1.807, 2.05) is 35.2 Å². The molecule has 1 saturated heterocycles. The Kier molecular flexibility index (Phi) is 3.64. The molecule has 1 fully saturated rings. The fourth-order valence-corrected chi connectivity index (χ4v) is 4.78. The first-order valence-corrected chi connectivity index (χ1v) is 9.49. The van der Waals surface area contributed by atoms with Crippen LogP contribution in [0.2, 0.25) is 0 Å². The SMILES string of the molecule is COc1cccc([C@@H]2c3[nH]c4ccccc4c3C[C@@H]3C(=O)N(C)C(=S)N23)c1O. The molecule has 28 heavy (non-hydrogen) atoms. The molecule has 0 aliphatic carbocycles. The second-order valence-electron chi connectivity index (χ2n) is 7.17. The summed E-state index contributed by atoms with van der Waals surface area (Å²) in [7, 11) is 3.23. The maximum atomic E-state index is 12.9. The van der Waals surface area contributed by atoms with Gasteiger partial charge in [-0.1, -0.05) is 30.3 Å². The summed E-state index contributed by atoms with van der Waals surface area (Å²) >= 11 is 5.61. The molecule has 2 aliphatic rings. The van der Waals surface area contributed by atoms with Crippen molar-refractivity contribution in [3.05, 3.63) is 59.3 Å². The summed E-state index contributed by atoms with van der Waals surface area (Å²) < 4.78 is 5.31. The number of ether oxygens (including phenoxy) is 1. The number of para-hydroxylation sites is 2. The number of nitrogens with one attached hydrogen (secondary N) is 1. The molecule has 1 aromatic heterocycles. The Hall–Kier alpha value is -3.06. The van der Waals surface area contributed by atoms with Crippen molar-refractivity contribution in [1.82, 2.24) is 14.8 Å². The Bertz CT molecular complexity index is 1140. The predicted octanol–water partition coefficient (Wildman–Crippen LogP) is 2.96. The number of carbonyl (C=O) groups is 1. The molecule has 0 radical (unpaired) electrons. The Balaban J connectivity index is 1.80. The Morgan fingerprint density at radius 3 is 2.79 bits per heavy atom. The lowest BCUT2D eigenvalue weighted by molar-refractivity contribution is -0.127. The monoisotopic (exact) mass is 393 g/mol. The van der Waals surface area contributed by atoms with Crippen molar-refractivity contribution < 1.29 is 14.6 Å². The van der Waals surface area contributed by atoms with E-state index in [1.165, 1.54) is 12.0 Å². The highest BCUT2D eigenvalue weighted by Crippen LogP contribution is 2.47. The number of hydrogen-bond donors (Lipinski definition) is 2. The van der Waals surface area contributed by atoms with Gasteiger partial charge in [0.1, 0.15) is 12.1 Å². The fourth-order valence-electron chi connectivity index (χ4n) is 4.46. The fraction of sp³-hybridized carbons (Fsp3) is 0.238. The van der Waals surface area contributed by atoms with E-state index in [-0.39, 0.29) is 17.7 Å². The minimum absolute atomic E-state index is 0.0201. The van der Waals surface area contributed by atoms with Crippen molar-refractivity contribution >= 4 is 34.1 Å². The van der Waals surface area contributed by atoms with Gasteiger partial charge in [-0.15, -0.1) is 0 Å². The number of rotatable bonds is 2. The van der Waals surface area contributed by atoms with E-state index in [9.17, 15) is 9.90 Å². The van der Waals surface area contributed by atoms with Gasteiger partial charge in [0.25, 0.3) is 5.91 Å². The molecule has 6 nitrogen and oxygen atoms in total. The Morgan fingerprint density at radius 1 is 1.21 bits per heavy atom. The molecule has 1 amide bonds. The molecule has 142 valence electrons. The first-order valence-electron chi connectivity index (χ1n) is 9.08. The smallest absolute Gasteiger partial charge is 0.251 e. The summed E-state index contributed by atoms with van der Waals surface area (Å²) in [6.45, 7) is 0. The molecule has 7 heteroatoms. The van der Waals surface area contributed by atoms with Gasteiger partial charge in [-0.25, -0.2) is 0 Å². The summed E-state index contributed by atoms with van der Waals surface area (Å²) in [6, 6.07) is 12.7. The van der Waals surface area contributed by atoms with Crippen molar-refractivity contribution in [2.75, 3.05) is 14.2 Å². The van der Waals surface area contributed by atoms with Crippen LogP contribution in [0, 0.1) is 0 Å². The molecule has 0 unspecified atom stereocenters. The van der Waals surface area contributed by atoms with Gasteiger partial charge in [0.15, 0.2) is 16.6 Å². The molecule has 2 N–H and O–H groups in total. The first kappa shape index (κ1) is 17.1. The molecular weight excluding hydrogens is 374 g/mol. The van der Waals surface area contributed by atoms with Crippen molar-refractivity contribution in [3.8, 4) is 11.5 Å².